The van der Waals surface area contributed by atoms with Crippen LogP contribution in [-0.2, 0) is 6.54 Å². The predicted octanol–water partition coefficient (Wildman–Crippen LogP) is 4.07. The van der Waals surface area contributed by atoms with E-state index >= 15 is 0 Å². The molecule has 5 nitrogen and oxygen atoms in total. The van der Waals surface area contributed by atoms with E-state index in [1.165, 1.54) is 31.4 Å². The van der Waals surface area contributed by atoms with E-state index in [0.717, 1.165) is 34.7 Å². The van der Waals surface area contributed by atoms with Crippen molar-refractivity contribution in [3.05, 3.63) is 54.1 Å². The first kappa shape index (κ1) is 16.1. The SMILES string of the molecule is Fc1ccc(NCc2cccn2-c2nnc(N3CCCCC3)s2)cc1. The summed E-state index contributed by atoms with van der Waals surface area (Å²) in [7, 11) is 0. The summed E-state index contributed by atoms with van der Waals surface area (Å²) in [5, 5.41) is 13.9. The van der Waals surface area contributed by atoms with E-state index in [9.17, 15) is 4.39 Å². The van der Waals surface area contributed by atoms with E-state index < -0.39 is 0 Å². The van der Waals surface area contributed by atoms with Gasteiger partial charge in [0, 0.05) is 30.7 Å². The molecule has 1 fully saturated rings. The lowest BCUT2D eigenvalue weighted by atomic mass is 10.1. The minimum atomic E-state index is -0.229. The van der Waals surface area contributed by atoms with Gasteiger partial charge in [-0.05, 0) is 55.7 Å². The van der Waals surface area contributed by atoms with Gasteiger partial charge in [-0.25, -0.2) is 4.39 Å². The Bertz CT molecular complexity index is 820. The highest BCUT2D eigenvalue weighted by Gasteiger charge is 2.16. The molecule has 0 aliphatic carbocycles. The van der Waals surface area contributed by atoms with E-state index in [0.29, 0.717) is 6.54 Å². The number of aromatic nitrogens is 3. The van der Waals surface area contributed by atoms with Crippen molar-refractivity contribution in [2.24, 2.45) is 0 Å². The Kier molecular flexibility index (Phi) is 4.65. The average Bonchev–Trinajstić information content (AvgIpc) is 3.31. The number of nitrogens with zero attached hydrogens (tertiary/aromatic N) is 4. The molecule has 1 aromatic carbocycles. The summed E-state index contributed by atoms with van der Waals surface area (Å²) < 4.78 is 15.0. The molecule has 0 radical (unpaired) electrons. The molecule has 3 aromatic rings. The lowest BCUT2D eigenvalue weighted by molar-refractivity contribution is 0.575. The number of benzene rings is 1. The van der Waals surface area contributed by atoms with Crippen molar-refractivity contribution in [3.8, 4) is 5.13 Å². The summed E-state index contributed by atoms with van der Waals surface area (Å²) in [5.41, 5.74) is 1.98. The zero-order valence-corrected chi connectivity index (χ0v) is 14.7. The number of nitrogens with one attached hydrogen (secondary N) is 1. The Morgan fingerprint density at radius 1 is 1.00 bits per heavy atom. The van der Waals surface area contributed by atoms with Gasteiger partial charge in [0.05, 0.1) is 6.54 Å². The molecule has 130 valence electrons. The van der Waals surface area contributed by atoms with Crippen molar-refractivity contribution < 1.29 is 4.39 Å². The fraction of sp³-hybridized carbons (Fsp3) is 0.333. The number of anilines is 2. The normalized spacial score (nSPS) is 14.7. The molecule has 0 bridgehead atoms. The molecule has 25 heavy (non-hydrogen) atoms. The van der Waals surface area contributed by atoms with E-state index in [-0.39, 0.29) is 5.82 Å². The zero-order chi connectivity index (χ0) is 17.1. The monoisotopic (exact) mass is 357 g/mol. The van der Waals surface area contributed by atoms with Crippen LogP contribution in [0.3, 0.4) is 0 Å². The van der Waals surface area contributed by atoms with Crippen molar-refractivity contribution in [2.45, 2.75) is 25.8 Å². The van der Waals surface area contributed by atoms with Crippen LogP contribution in [0.25, 0.3) is 5.13 Å². The molecule has 0 spiro atoms. The van der Waals surface area contributed by atoms with Gasteiger partial charge >= 0.3 is 0 Å². The minimum Gasteiger partial charge on any atom is -0.379 e. The van der Waals surface area contributed by atoms with Crippen LogP contribution >= 0.6 is 11.3 Å². The first-order valence-electron chi connectivity index (χ1n) is 8.54. The van der Waals surface area contributed by atoms with Crippen LogP contribution in [-0.4, -0.2) is 27.9 Å². The highest BCUT2D eigenvalue weighted by molar-refractivity contribution is 7.17. The topological polar surface area (TPSA) is 46.0 Å². The van der Waals surface area contributed by atoms with Crippen LogP contribution in [0.1, 0.15) is 25.0 Å². The second-order valence-electron chi connectivity index (χ2n) is 6.14. The van der Waals surface area contributed by atoms with Gasteiger partial charge < -0.3 is 10.2 Å². The molecule has 1 N–H and O–H groups in total. The summed E-state index contributed by atoms with van der Waals surface area (Å²) in [4.78, 5) is 2.32. The van der Waals surface area contributed by atoms with Gasteiger partial charge in [0.2, 0.25) is 10.3 Å². The van der Waals surface area contributed by atoms with Crippen molar-refractivity contribution in [1.82, 2.24) is 14.8 Å². The van der Waals surface area contributed by atoms with Crippen molar-refractivity contribution >= 4 is 22.2 Å². The van der Waals surface area contributed by atoms with Crippen LogP contribution in [0.5, 0.6) is 0 Å². The third-order valence-corrected chi connectivity index (χ3v) is 5.37. The summed E-state index contributed by atoms with van der Waals surface area (Å²) in [6, 6.07) is 10.4. The zero-order valence-electron chi connectivity index (χ0n) is 13.9. The van der Waals surface area contributed by atoms with Gasteiger partial charge in [-0.15, -0.1) is 10.2 Å². The van der Waals surface area contributed by atoms with Crippen LogP contribution < -0.4 is 10.2 Å². The molecule has 0 amide bonds. The van der Waals surface area contributed by atoms with Gasteiger partial charge in [-0.3, -0.25) is 4.57 Å². The Morgan fingerprint density at radius 2 is 1.76 bits per heavy atom. The van der Waals surface area contributed by atoms with Gasteiger partial charge in [0.1, 0.15) is 5.82 Å². The van der Waals surface area contributed by atoms with E-state index in [4.69, 9.17) is 0 Å². The highest BCUT2D eigenvalue weighted by Crippen LogP contribution is 2.27. The second kappa shape index (κ2) is 7.23. The third kappa shape index (κ3) is 3.66. The molecule has 0 saturated carbocycles. The summed E-state index contributed by atoms with van der Waals surface area (Å²) in [6.07, 6.45) is 5.76. The smallest absolute Gasteiger partial charge is 0.218 e. The fourth-order valence-corrected chi connectivity index (χ4v) is 3.94. The van der Waals surface area contributed by atoms with Crippen LogP contribution in [0.15, 0.2) is 42.6 Å². The maximum absolute atomic E-state index is 13.0. The number of hydrogen-bond donors (Lipinski definition) is 1. The van der Waals surface area contributed by atoms with Crippen molar-refractivity contribution in [2.75, 3.05) is 23.3 Å². The molecule has 2 aromatic heterocycles. The summed E-state index contributed by atoms with van der Waals surface area (Å²) in [6.45, 7) is 2.77. The summed E-state index contributed by atoms with van der Waals surface area (Å²) in [5.74, 6) is -0.229. The predicted molar refractivity (Wildman–Crippen MR) is 99.0 cm³/mol. The molecule has 1 aliphatic heterocycles. The standard InChI is InChI=1S/C18H20FN5S/c19-14-6-8-15(9-7-14)20-13-16-5-4-12-24(16)18-22-21-17(25-18)23-10-2-1-3-11-23/h4-9,12,20H,1-3,10-11,13H2. The Morgan fingerprint density at radius 3 is 2.56 bits per heavy atom. The van der Waals surface area contributed by atoms with Gasteiger partial charge in [0.25, 0.3) is 0 Å². The largest absolute Gasteiger partial charge is 0.379 e. The van der Waals surface area contributed by atoms with Gasteiger partial charge in [0.15, 0.2) is 0 Å². The highest BCUT2D eigenvalue weighted by atomic mass is 32.1. The number of rotatable bonds is 5. The van der Waals surface area contributed by atoms with Gasteiger partial charge in [-0.1, -0.05) is 11.3 Å². The maximum atomic E-state index is 13.0. The Balaban J connectivity index is 1.47. The first-order valence-corrected chi connectivity index (χ1v) is 9.36. The molecule has 1 saturated heterocycles. The lowest BCUT2D eigenvalue weighted by Gasteiger charge is -2.25. The van der Waals surface area contributed by atoms with E-state index in [1.807, 2.05) is 12.3 Å². The van der Waals surface area contributed by atoms with Crippen LogP contribution in [0.2, 0.25) is 0 Å². The number of halogens is 1. The molecule has 1 aliphatic rings. The first-order chi connectivity index (χ1) is 12.3. The third-order valence-electron chi connectivity index (χ3n) is 4.39. The molecule has 7 heteroatoms. The number of piperidine rings is 1. The minimum absolute atomic E-state index is 0.229. The maximum Gasteiger partial charge on any atom is 0.218 e. The van der Waals surface area contributed by atoms with Crippen molar-refractivity contribution in [3.63, 3.8) is 0 Å². The fourth-order valence-electron chi connectivity index (χ4n) is 3.03. The molecule has 3 heterocycles. The van der Waals surface area contributed by atoms with Crippen LogP contribution in [0.4, 0.5) is 15.2 Å². The molecular weight excluding hydrogens is 337 g/mol. The molecule has 0 atom stereocenters. The summed E-state index contributed by atoms with van der Waals surface area (Å²) >= 11 is 1.62. The average molecular weight is 357 g/mol. The molecule has 0 unspecified atom stereocenters. The number of hydrogen-bond acceptors (Lipinski definition) is 5. The lowest BCUT2D eigenvalue weighted by Crippen LogP contribution is -2.29. The van der Waals surface area contributed by atoms with Crippen LogP contribution in [0, 0.1) is 5.82 Å². The molecular formula is C18H20FN5S. The Labute approximate surface area is 150 Å². The quantitative estimate of drug-likeness (QED) is 0.748. The molecule has 4 rings (SSSR count). The van der Waals surface area contributed by atoms with Crippen molar-refractivity contribution in [1.29, 1.82) is 0 Å². The Hall–Kier alpha value is -2.41. The van der Waals surface area contributed by atoms with E-state index in [1.54, 1.807) is 23.5 Å². The second-order valence-corrected chi connectivity index (χ2v) is 7.08. The van der Waals surface area contributed by atoms with Gasteiger partial charge in [-0.2, -0.15) is 0 Å². The van der Waals surface area contributed by atoms with E-state index in [2.05, 4.69) is 31.0 Å².